The van der Waals surface area contributed by atoms with Crippen molar-refractivity contribution in [1.29, 1.82) is 5.26 Å². The highest BCUT2D eigenvalue weighted by molar-refractivity contribution is 5.57. The molecule has 0 spiro atoms. The Balaban J connectivity index is 1.91. The third kappa shape index (κ3) is 3.05. The zero-order valence-corrected chi connectivity index (χ0v) is 16.9. The van der Waals surface area contributed by atoms with Crippen LogP contribution in [-0.4, -0.2) is 24.5 Å². The number of ether oxygens (including phenoxy) is 1. The highest BCUT2D eigenvalue weighted by Crippen LogP contribution is 2.46. The third-order valence-electron chi connectivity index (χ3n) is 5.03. The fourth-order valence-electron chi connectivity index (χ4n) is 3.66. The van der Waals surface area contributed by atoms with E-state index in [9.17, 15) is 5.26 Å². The molecule has 3 aromatic rings. The van der Waals surface area contributed by atoms with Crippen LogP contribution in [0.5, 0.6) is 5.88 Å². The maximum absolute atomic E-state index is 9.86. The molecule has 0 bridgehead atoms. The molecule has 8 heteroatoms. The van der Waals surface area contributed by atoms with Gasteiger partial charge in [0.05, 0.1) is 22.9 Å². The topological polar surface area (TPSA) is 108 Å². The standard InChI is InChI=1S/C21H23N7O/c1-5-27-20-17(18(26-27)21(2,3)4)16(15(10-22)19(23)29-20)13-6-8-14(9-7-13)28-12-24-11-25-28/h6-9,11-12,16H,5,23H2,1-4H3. The number of nitrogens with two attached hydrogens (primary N) is 1. The van der Waals surface area contributed by atoms with Gasteiger partial charge in [0.15, 0.2) is 0 Å². The maximum atomic E-state index is 9.86. The van der Waals surface area contributed by atoms with Crippen molar-refractivity contribution >= 4 is 0 Å². The number of fused-ring (bicyclic) bond motifs is 1. The third-order valence-corrected chi connectivity index (χ3v) is 5.03. The lowest BCUT2D eigenvalue weighted by Gasteiger charge is -2.27. The van der Waals surface area contributed by atoms with E-state index in [0.29, 0.717) is 18.0 Å². The number of hydrogen-bond donors (Lipinski definition) is 1. The van der Waals surface area contributed by atoms with Crippen LogP contribution >= 0.6 is 0 Å². The van der Waals surface area contributed by atoms with E-state index in [0.717, 1.165) is 22.5 Å². The second kappa shape index (κ2) is 6.78. The zero-order chi connectivity index (χ0) is 20.8. The summed E-state index contributed by atoms with van der Waals surface area (Å²) >= 11 is 0. The summed E-state index contributed by atoms with van der Waals surface area (Å²) in [7, 11) is 0. The molecule has 2 aromatic heterocycles. The van der Waals surface area contributed by atoms with Crippen LogP contribution in [0.25, 0.3) is 5.69 Å². The summed E-state index contributed by atoms with van der Waals surface area (Å²) in [6.07, 6.45) is 3.13. The lowest BCUT2D eigenvalue weighted by atomic mass is 9.79. The number of aromatic nitrogens is 5. The molecular weight excluding hydrogens is 366 g/mol. The van der Waals surface area contributed by atoms with Crippen LogP contribution in [0.2, 0.25) is 0 Å². The van der Waals surface area contributed by atoms with Crippen molar-refractivity contribution in [1.82, 2.24) is 24.5 Å². The molecule has 0 fully saturated rings. The van der Waals surface area contributed by atoms with Gasteiger partial charge in [0.1, 0.15) is 24.3 Å². The summed E-state index contributed by atoms with van der Waals surface area (Å²) in [6, 6.07) is 10.1. The van der Waals surface area contributed by atoms with Crippen molar-refractivity contribution in [2.24, 2.45) is 5.73 Å². The van der Waals surface area contributed by atoms with Crippen molar-refractivity contribution in [3.05, 3.63) is 65.2 Å². The summed E-state index contributed by atoms with van der Waals surface area (Å²) in [5, 5.41) is 18.8. The lowest BCUT2D eigenvalue weighted by Crippen LogP contribution is -2.24. The predicted molar refractivity (Wildman–Crippen MR) is 107 cm³/mol. The fraction of sp³-hybridized carbons (Fsp3) is 0.333. The van der Waals surface area contributed by atoms with E-state index in [1.807, 2.05) is 35.9 Å². The molecule has 1 unspecified atom stereocenters. The molecule has 0 saturated carbocycles. The van der Waals surface area contributed by atoms with Gasteiger partial charge in [-0.3, -0.25) is 0 Å². The van der Waals surface area contributed by atoms with Gasteiger partial charge in [-0.05, 0) is 24.6 Å². The maximum Gasteiger partial charge on any atom is 0.224 e. The Bertz CT molecular complexity index is 1110. The van der Waals surface area contributed by atoms with Crippen LogP contribution in [0.15, 0.2) is 48.4 Å². The molecule has 1 aliphatic heterocycles. The zero-order valence-electron chi connectivity index (χ0n) is 16.9. The van der Waals surface area contributed by atoms with Gasteiger partial charge in [-0.2, -0.15) is 15.5 Å². The SMILES string of the molecule is CCn1nc(C(C)(C)C)c2c1OC(N)=C(C#N)C2c1ccc(-n2cncn2)cc1. The smallest absolute Gasteiger partial charge is 0.224 e. The van der Waals surface area contributed by atoms with Crippen molar-refractivity contribution in [2.75, 3.05) is 0 Å². The van der Waals surface area contributed by atoms with Crippen molar-refractivity contribution in [3.63, 3.8) is 0 Å². The Kier molecular flexibility index (Phi) is 4.38. The number of allylic oxidation sites excluding steroid dienone is 1. The first-order valence-corrected chi connectivity index (χ1v) is 9.48. The molecule has 8 nitrogen and oxygen atoms in total. The molecular formula is C21H23N7O. The number of nitrogens with zero attached hydrogens (tertiary/aromatic N) is 6. The molecule has 0 saturated heterocycles. The van der Waals surface area contributed by atoms with Crippen LogP contribution in [0.4, 0.5) is 0 Å². The van der Waals surface area contributed by atoms with Crippen LogP contribution in [0.1, 0.15) is 50.4 Å². The summed E-state index contributed by atoms with van der Waals surface area (Å²) < 4.78 is 9.38. The van der Waals surface area contributed by atoms with Gasteiger partial charge < -0.3 is 10.5 Å². The Morgan fingerprint density at radius 3 is 2.52 bits per heavy atom. The second-order valence-corrected chi connectivity index (χ2v) is 7.99. The quantitative estimate of drug-likeness (QED) is 0.738. The number of rotatable bonds is 3. The minimum Gasteiger partial charge on any atom is -0.422 e. The molecule has 0 radical (unpaired) electrons. The van der Waals surface area contributed by atoms with Crippen molar-refractivity contribution in [2.45, 2.75) is 45.6 Å². The molecule has 148 valence electrons. The van der Waals surface area contributed by atoms with E-state index >= 15 is 0 Å². The number of hydrogen-bond acceptors (Lipinski definition) is 6. The Hall–Kier alpha value is -3.60. The fourth-order valence-corrected chi connectivity index (χ4v) is 3.66. The van der Waals surface area contributed by atoms with E-state index < -0.39 is 0 Å². The van der Waals surface area contributed by atoms with Gasteiger partial charge in [-0.25, -0.2) is 14.3 Å². The van der Waals surface area contributed by atoms with Gasteiger partial charge in [-0.15, -0.1) is 0 Å². The Labute approximate surface area is 169 Å². The van der Waals surface area contributed by atoms with Crippen LogP contribution in [-0.2, 0) is 12.0 Å². The molecule has 2 N–H and O–H groups in total. The first-order valence-electron chi connectivity index (χ1n) is 9.48. The molecule has 29 heavy (non-hydrogen) atoms. The molecule has 0 amide bonds. The number of aryl methyl sites for hydroxylation is 1. The molecule has 1 atom stereocenters. The molecule has 1 aromatic carbocycles. The van der Waals surface area contributed by atoms with Crippen LogP contribution in [0.3, 0.4) is 0 Å². The second-order valence-electron chi connectivity index (χ2n) is 7.99. The molecule has 1 aliphatic rings. The van der Waals surface area contributed by atoms with Crippen LogP contribution in [0, 0.1) is 11.3 Å². The van der Waals surface area contributed by atoms with Gasteiger partial charge in [0.25, 0.3) is 0 Å². The van der Waals surface area contributed by atoms with Crippen LogP contribution < -0.4 is 10.5 Å². The monoisotopic (exact) mass is 389 g/mol. The minimum atomic E-state index is -0.344. The molecule has 4 rings (SSSR count). The first kappa shape index (κ1) is 18.7. The minimum absolute atomic E-state index is 0.125. The largest absolute Gasteiger partial charge is 0.422 e. The average molecular weight is 389 g/mol. The highest BCUT2D eigenvalue weighted by atomic mass is 16.5. The molecule has 3 heterocycles. The summed E-state index contributed by atoms with van der Waals surface area (Å²) in [5.74, 6) is 0.391. The van der Waals surface area contributed by atoms with E-state index in [-0.39, 0.29) is 17.2 Å². The number of nitriles is 1. The van der Waals surface area contributed by atoms with Gasteiger partial charge in [0.2, 0.25) is 11.8 Å². The van der Waals surface area contributed by atoms with Gasteiger partial charge >= 0.3 is 0 Å². The van der Waals surface area contributed by atoms with E-state index in [1.165, 1.54) is 6.33 Å². The predicted octanol–water partition coefficient (Wildman–Crippen LogP) is 3.00. The highest BCUT2D eigenvalue weighted by Gasteiger charge is 2.39. The normalized spacial score (nSPS) is 16.3. The average Bonchev–Trinajstić information content (AvgIpc) is 3.34. The van der Waals surface area contributed by atoms with Gasteiger partial charge in [0, 0.05) is 12.0 Å². The summed E-state index contributed by atoms with van der Waals surface area (Å²) in [4.78, 5) is 3.98. The van der Waals surface area contributed by atoms with E-state index in [1.54, 1.807) is 11.0 Å². The van der Waals surface area contributed by atoms with Crippen molar-refractivity contribution < 1.29 is 4.74 Å². The van der Waals surface area contributed by atoms with E-state index in [2.05, 4.69) is 36.9 Å². The number of benzene rings is 1. The van der Waals surface area contributed by atoms with Crippen molar-refractivity contribution in [3.8, 4) is 17.6 Å². The Morgan fingerprint density at radius 1 is 1.24 bits per heavy atom. The summed E-state index contributed by atoms with van der Waals surface area (Å²) in [5.41, 5.74) is 9.96. The first-order chi connectivity index (χ1) is 13.8. The Morgan fingerprint density at radius 2 is 1.97 bits per heavy atom. The van der Waals surface area contributed by atoms with Gasteiger partial charge in [-0.1, -0.05) is 32.9 Å². The lowest BCUT2D eigenvalue weighted by molar-refractivity contribution is 0.350. The molecule has 0 aliphatic carbocycles. The summed E-state index contributed by atoms with van der Waals surface area (Å²) in [6.45, 7) is 8.97. The van der Waals surface area contributed by atoms with E-state index in [4.69, 9.17) is 15.6 Å².